The molecule has 0 N–H and O–H groups in total. The Morgan fingerprint density at radius 3 is 2.10 bits per heavy atom. The lowest BCUT2D eigenvalue weighted by Gasteiger charge is -2.06. The van der Waals surface area contributed by atoms with Crippen molar-refractivity contribution in [1.29, 1.82) is 0 Å². The van der Waals surface area contributed by atoms with Crippen LogP contribution in [-0.4, -0.2) is 0 Å². The molecule has 0 atom stereocenters. The third kappa shape index (κ3) is 1.92. The molecule has 0 heteroatoms. The van der Waals surface area contributed by atoms with Crippen LogP contribution in [0.3, 0.4) is 0 Å². The first kappa shape index (κ1) is 12.2. The van der Waals surface area contributed by atoms with Crippen molar-refractivity contribution in [3.63, 3.8) is 0 Å². The molecule has 0 heterocycles. The summed E-state index contributed by atoms with van der Waals surface area (Å²) in [6.07, 6.45) is 2.30. The zero-order valence-electron chi connectivity index (χ0n) is 12.0. The number of benzene rings is 3. The van der Waals surface area contributed by atoms with Gasteiger partial charge < -0.3 is 0 Å². The van der Waals surface area contributed by atoms with E-state index in [1.54, 1.807) is 0 Å². The molecule has 100 valence electrons. The van der Waals surface area contributed by atoms with Crippen LogP contribution in [0, 0.1) is 6.92 Å². The molecule has 3 aromatic carbocycles. The first-order valence-electron chi connectivity index (χ1n) is 7.31. The molecule has 0 saturated carbocycles. The second kappa shape index (κ2) is 4.75. The third-order valence-corrected chi connectivity index (χ3v) is 4.16. The van der Waals surface area contributed by atoms with E-state index < -0.39 is 0 Å². The summed E-state index contributed by atoms with van der Waals surface area (Å²) in [5.74, 6) is 0. The van der Waals surface area contributed by atoms with E-state index in [9.17, 15) is 0 Å². The highest BCUT2D eigenvalue weighted by atomic mass is 14.3. The third-order valence-electron chi connectivity index (χ3n) is 4.16. The smallest absolute Gasteiger partial charge is 0.00694 e. The second-order valence-electron chi connectivity index (χ2n) is 5.51. The van der Waals surface area contributed by atoms with E-state index in [2.05, 4.69) is 85.8 Å². The molecular formula is C21H16. The van der Waals surface area contributed by atoms with Gasteiger partial charge in [-0.05, 0) is 52.0 Å². The Balaban J connectivity index is 2.02. The summed E-state index contributed by atoms with van der Waals surface area (Å²) in [6.45, 7) is 2.20. The van der Waals surface area contributed by atoms with Gasteiger partial charge in [-0.3, -0.25) is 0 Å². The van der Waals surface area contributed by atoms with E-state index in [1.807, 2.05) is 0 Å². The number of rotatable bonds is 1. The van der Waals surface area contributed by atoms with Gasteiger partial charge in [0.1, 0.15) is 0 Å². The fraction of sp³-hybridized carbons (Fsp3) is 0.0476. The lowest BCUT2D eigenvalue weighted by atomic mass is 9.97. The first-order valence-corrected chi connectivity index (χ1v) is 7.31. The number of aryl methyl sites for hydroxylation is 1. The fourth-order valence-electron chi connectivity index (χ4n) is 3.20. The highest BCUT2D eigenvalue weighted by molar-refractivity contribution is 6.07. The van der Waals surface area contributed by atoms with Crippen molar-refractivity contribution in [2.75, 3.05) is 0 Å². The standard InChI is InChI=1S/C21H16/c1-15-8-7-13-19-17-11-5-6-12-18(17)20(21(15)19)14-16-9-3-2-4-10-16/h2-14H,1H3/b20-14+. The Morgan fingerprint density at radius 2 is 1.29 bits per heavy atom. The van der Waals surface area contributed by atoms with Gasteiger partial charge in [-0.1, -0.05) is 72.8 Å². The fourth-order valence-corrected chi connectivity index (χ4v) is 3.20. The van der Waals surface area contributed by atoms with E-state index in [4.69, 9.17) is 0 Å². The van der Waals surface area contributed by atoms with Gasteiger partial charge in [-0.15, -0.1) is 0 Å². The lowest BCUT2D eigenvalue weighted by molar-refractivity contribution is 1.45. The minimum absolute atomic E-state index is 1.25. The molecule has 4 rings (SSSR count). The Labute approximate surface area is 125 Å². The monoisotopic (exact) mass is 268 g/mol. The Kier molecular flexibility index (Phi) is 2.75. The van der Waals surface area contributed by atoms with Crippen LogP contribution < -0.4 is 0 Å². The molecule has 0 spiro atoms. The molecule has 0 bridgehead atoms. The molecule has 21 heavy (non-hydrogen) atoms. The molecule has 1 aliphatic rings. The normalized spacial score (nSPS) is 14.0. The Hall–Kier alpha value is -2.60. The van der Waals surface area contributed by atoms with Crippen LogP contribution in [0.1, 0.15) is 22.3 Å². The van der Waals surface area contributed by atoms with Crippen molar-refractivity contribution in [2.45, 2.75) is 6.92 Å². The van der Waals surface area contributed by atoms with E-state index in [1.165, 1.54) is 39.0 Å². The number of hydrogen-bond donors (Lipinski definition) is 0. The highest BCUT2D eigenvalue weighted by Gasteiger charge is 2.23. The molecule has 0 fully saturated rings. The van der Waals surface area contributed by atoms with E-state index in [0.717, 1.165) is 0 Å². The van der Waals surface area contributed by atoms with Gasteiger partial charge in [0.15, 0.2) is 0 Å². The van der Waals surface area contributed by atoms with Crippen LogP contribution >= 0.6 is 0 Å². The van der Waals surface area contributed by atoms with Gasteiger partial charge in [0.2, 0.25) is 0 Å². The molecule has 0 amide bonds. The predicted octanol–water partition coefficient (Wildman–Crippen LogP) is 5.56. The van der Waals surface area contributed by atoms with Crippen molar-refractivity contribution >= 4 is 11.6 Å². The Morgan fingerprint density at radius 1 is 0.619 bits per heavy atom. The minimum atomic E-state index is 1.25. The van der Waals surface area contributed by atoms with E-state index in [-0.39, 0.29) is 0 Å². The maximum atomic E-state index is 2.30. The number of hydrogen-bond acceptors (Lipinski definition) is 0. The lowest BCUT2D eigenvalue weighted by Crippen LogP contribution is -1.86. The van der Waals surface area contributed by atoms with Crippen LogP contribution in [0.5, 0.6) is 0 Å². The summed E-state index contributed by atoms with van der Waals surface area (Å²) in [5.41, 5.74) is 9.34. The van der Waals surface area contributed by atoms with Gasteiger partial charge >= 0.3 is 0 Å². The van der Waals surface area contributed by atoms with Crippen LogP contribution in [0.2, 0.25) is 0 Å². The largest absolute Gasteiger partial charge is 0.0622 e. The molecule has 3 aromatic rings. The van der Waals surface area contributed by atoms with Crippen LogP contribution in [0.15, 0.2) is 72.8 Å². The van der Waals surface area contributed by atoms with Crippen molar-refractivity contribution in [3.8, 4) is 11.1 Å². The summed E-state index contributed by atoms with van der Waals surface area (Å²) in [6, 6.07) is 25.8. The van der Waals surface area contributed by atoms with Crippen LogP contribution in [-0.2, 0) is 0 Å². The van der Waals surface area contributed by atoms with Crippen molar-refractivity contribution in [2.24, 2.45) is 0 Å². The zero-order chi connectivity index (χ0) is 14.2. The maximum absolute atomic E-state index is 2.30. The van der Waals surface area contributed by atoms with Crippen LogP contribution in [0.25, 0.3) is 22.8 Å². The molecule has 0 nitrogen and oxygen atoms in total. The Bertz CT molecular complexity index is 839. The summed E-state index contributed by atoms with van der Waals surface area (Å²) in [7, 11) is 0. The molecular weight excluding hydrogens is 252 g/mol. The predicted molar refractivity (Wildman–Crippen MR) is 90.0 cm³/mol. The SMILES string of the molecule is Cc1cccc2c1/C(=C/c1ccccc1)c1ccccc1-2. The summed E-state index contributed by atoms with van der Waals surface area (Å²) < 4.78 is 0. The van der Waals surface area contributed by atoms with Crippen molar-refractivity contribution in [1.82, 2.24) is 0 Å². The van der Waals surface area contributed by atoms with Gasteiger partial charge in [0.25, 0.3) is 0 Å². The molecule has 0 saturated heterocycles. The van der Waals surface area contributed by atoms with Crippen molar-refractivity contribution < 1.29 is 0 Å². The highest BCUT2D eigenvalue weighted by Crippen LogP contribution is 2.46. The van der Waals surface area contributed by atoms with E-state index in [0.29, 0.717) is 0 Å². The molecule has 0 radical (unpaired) electrons. The quantitative estimate of drug-likeness (QED) is 0.423. The molecule has 1 aliphatic carbocycles. The number of fused-ring (bicyclic) bond motifs is 3. The zero-order valence-corrected chi connectivity index (χ0v) is 12.0. The summed E-state index contributed by atoms with van der Waals surface area (Å²) in [5, 5.41) is 0. The molecule has 0 aliphatic heterocycles. The average Bonchev–Trinajstić information content (AvgIpc) is 2.84. The average molecular weight is 268 g/mol. The molecule has 0 unspecified atom stereocenters. The minimum Gasteiger partial charge on any atom is -0.0622 e. The first-order chi connectivity index (χ1) is 10.3. The van der Waals surface area contributed by atoms with Crippen LogP contribution in [0.4, 0.5) is 0 Å². The van der Waals surface area contributed by atoms with Crippen molar-refractivity contribution in [3.05, 3.63) is 95.1 Å². The van der Waals surface area contributed by atoms with Gasteiger partial charge in [0.05, 0.1) is 0 Å². The van der Waals surface area contributed by atoms with E-state index >= 15 is 0 Å². The van der Waals surface area contributed by atoms with Gasteiger partial charge in [-0.25, -0.2) is 0 Å². The van der Waals surface area contributed by atoms with Gasteiger partial charge in [-0.2, -0.15) is 0 Å². The maximum Gasteiger partial charge on any atom is -0.00694 e. The van der Waals surface area contributed by atoms with Gasteiger partial charge in [0, 0.05) is 0 Å². The topological polar surface area (TPSA) is 0 Å². The summed E-state index contributed by atoms with van der Waals surface area (Å²) in [4.78, 5) is 0. The second-order valence-corrected chi connectivity index (χ2v) is 5.51. The summed E-state index contributed by atoms with van der Waals surface area (Å²) >= 11 is 0. The molecule has 0 aromatic heterocycles.